The van der Waals surface area contributed by atoms with E-state index < -0.39 is 11.7 Å². The van der Waals surface area contributed by atoms with E-state index in [1.54, 1.807) is 28.3 Å². The van der Waals surface area contributed by atoms with Crippen molar-refractivity contribution in [2.75, 3.05) is 57.3 Å². The normalized spacial score (nSPS) is 16.3. The number of hydrogen-bond acceptors (Lipinski definition) is 7. The standard InChI is InChI=1S/C30H32F3N5O2S.ClH/c31-30(32,33)22-5-4-6-23(19-22)37-14-11-35(12-15-37)13-16-38-21-34-28-27(29(38)39)25-9-10-36(20-26(25)41-28)17-18-40-24-7-2-1-3-8-24;/h1-8,19,21H,9-18,20H2;1H. The minimum Gasteiger partial charge on any atom is -0.492 e. The SMILES string of the molecule is Cl.O=c1c2c3c(sc2ncn1CCN1CCN(c2cccc(C(F)(F)F)c2)CC1)CN(CCOc1ccccc1)CC3. The molecule has 7 nitrogen and oxygen atoms in total. The van der Waals surface area contributed by atoms with Gasteiger partial charge in [0.2, 0.25) is 0 Å². The molecular weight excluding hydrogens is 587 g/mol. The van der Waals surface area contributed by atoms with E-state index in [0.717, 1.165) is 66.7 Å². The van der Waals surface area contributed by atoms with Crippen molar-refractivity contribution < 1.29 is 17.9 Å². The number of fused-ring (bicyclic) bond motifs is 3. The van der Waals surface area contributed by atoms with E-state index in [4.69, 9.17) is 4.74 Å². The first-order valence-corrected chi connectivity index (χ1v) is 14.7. The van der Waals surface area contributed by atoms with Crippen molar-refractivity contribution in [1.82, 2.24) is 19.4 Å². The number of nitrogens with zero attached hydrogens (tertiary/aromatic N) is 5. The molecule has 1 saturated heterocycles. The quantitative estimate of drug-likeness (QED) is 0.272. The third-order valence-electron chi connectivity index (χ3n) is 7.89. The number of benzene rings is 2. The number of piperazine rings is 1. The highest BCUT2D eigenvalue weighted by atomic mass is 35.5. The van der Waals surface area contributed by atoms with Gasteiger partial charge < -0.3 is 9.64 Å². The van der Waals surface area contributed by atoms with Crippen LogP contribution in [0.15, 0.2) is 65.7 Å². The fourth-order valence-electron chi connectivity index (χ4n) is 5.59. The van der Waals surface area contributed by atoms with Gasteiger partial charge in [0.1, 0.15) is 17.2 Å². The van der Waals surface area contributed by atoms with Crippen LogP contribution in [-0.4, -0.2) is 71.8 Å². The predicted octanol–water partition coefficient (Wildman–Crippen LogP) is 5.16. The molecule has 2 aromatic carbocycles. The molecule has 0 aliphatic carbocycles. The van der Waals surface area contributed by atoms with E-state index in [1.165, 1.54) is 17.0 Å². The van der Waals surface area contributed by atoms with Gasteiger partial charge in [-0.3, -0.25) is 19.2 Å². The van der Waals surface area contributed by atoms with E-state index >= 15 is 0 Å². The summed E-state index contributed by atoms with van der Waals surface area (Å²) in [7, 11) is 0. The van der Waals surface area contributed by atoms with E-state index in [0.29, 0.717) is 38.5 Å². The van der Waals surface area contributed by atoms with Crippen LogP contribution >= 0.6 is 23.7 Å². The highest BCUT2D eigenvalue weighted by Gasteiger charge is 2.31. The first-order chi connectivity index (χ1) is 19.8. The monoisotopic (exact) mass is 619 g/mol. The Morgan fingerprint density at radius 1 is 0.905 bits per heavy atom. The first kappa shape index (κ1) is 30.3. The molecule has 4 aromatic rings. The zero-order valence-corrected chi connectivity index (χ0v) is 24.7. The van der Waals surface area contributed by atoms with Gasteiger partial charge in [-0.05, 0) is 42.3 Å². The van der Waals surface area contributed by atoms with Gasteiger partial charge in [-0.2, -0.15) is 13.2 Å². The molecular formula is C30H33ClF3N5O2S. The van der Waals surface area contributed by atoms with Gasteiger partial charge in [0, 0.05) is 69.5 Å². The molecule has 0 radical (unpaired) electrons. The lowest BCUT2D eigenvalue weighted by Gasteiger charge is -2.36. The molecule has 0 bridgehead atoms. The summed E-state index contributed by atoms with van der Waals surface area (Å²) in [6.45, 7) is 7.04. The molecule has 0 saturated carbocycles. The van der Waals surface area contributed by atoms with E-state index in [1.807, 2.05) is 35.2 Å². The number of alkyl halides is 3. The van der Waals surface area contributed by atoms with Gasteiger partial charge in [0.05, 0.1) is 17.3 Å². The molecule has 2 aliphatic rings. The van der Waals surface area contributed by atoms with Gasteiger partial charge in [0.25, 0.3) is 5.56 Å². The summed E-state index contributed by atoms with van der Waals surface area (Å²) in [6, 6.07) is 15.3. The molecule has 0 atom stereocenters. The number of halogens is 4. The van der Waals surface area contributed by atoms with Crippen molar-refractivity contribution >= 4 is 39.6 Å². The Labute approximate surface area is 252 Å². The number of anilines is 1. The fourth-order valence-corrected chi connectivity index (χ4v) is 6.81. The van der Waals surface area contributed by atoms with Crippen LogP contribution in [0.3, 0.4) is 0 Å². The van der Waals surface area contributed by atoms with Crippen molar-refractivity contribution in [2.24, 2.45) is 0 Å². The lowest BCUT2D eigenvalue weighted by molar-refractivity contribution is -0.137. The zero-order valence-electron chi connectivity index (χ0n) is 23.1. The van der Waals surface area contributed by atoms with Gasteiger partial charge in [-0.25, -0.2) is 4.98 Å². The minimum atomic E-state index is -4.35. The molecule has 0 unspecified atom stereocenters. The summed E-state index contributed by atoms with van der Waals surface area (Å²) < 4.78 is 46.9. The highest BCUT2D eigenvalue weighted by molar-refractivity contribution is 7.18. The lowest BCUT2D eigenvalue weighted by atomic mass is 10.1. The van der Waals surface area contributed by atoms with Crippen LogP contribution in [0.4, 0.5) is 18.9 Å². The molecule has 0 N–H and O–H groups in total. The number of aromatic nitrogens is 2. The van der Waals surface area contributed by atoms with E-state index in [-0.39, 0.29) is 18.0 Å². The van der Waals surface area contributed by atoms with Crippen LogP contribution in [0, 0.1) is 0 Å². The maximum atomic E-state index is 13.5. The van der Waals surface area contributed by atoms with Crippen molar-refractivity contribution in [1.29, 1.82) is 0 Å². The summed E-state index contributed by atoms with van der Waals surface area (Å²) in [5, 5.41) is 0.752. The second-order valence-electron chi connectivity index (χ2n) is 10.5. The summed E-state index contributed by atoms with van der Waals surface area (Å²) in [4.78, 5) is 26.7. The molecule has 2 aromatic heterocycles. The van der Waals surface area contributed by atoms with Gasteiger partial charge in [-0.1, -0.05) is 24.3 Å². The number of para-hydroxylation sites is 1. The predicted molar refractivity (Wildman–Crippen MR) is 162 cm³/mol. The number of rotatable bonds is 8. The summed E-state index contributed by atoms with van der Waals surface area (Å²) >= 11 is 1.61. The molecule has 224 valence electrons. The van der Waals surface area contributed by atoms with Crippen LogP contribution in [0.2, 0.25) is 0 Å². The molecule has 1 fully saturated rings. The molecule has 0 spiro atoms. The van der Waals surface area contributed by atoms with Crippen molar-refractivity contribution in [3.63, 3.8) is 0 Å². The van der Waals surface area contributed by atoms with Gasteiger partial charge >= 0.3 is 6.18 Å². The highest BCUT2D eigenvalue weighted by Crippen LogP contribution is 2.33. The summed E-state index contributed by atoms with van der Waals surface area (Å²) in [6.07, 6.45) is -1.88. The van der Waals surface area contributed by atoms with Crippen LogP contribution in [0.5, 0.6) is 5.75 Å². The lowest BCUT2D eigenvalue weighted by Crippen LogP contribution is -2.47. The Kier molecular flexibility index (Phi) is 9.41. The number of thiophene rings is 1. The molecule has 42 heavy (non-hydrogen) atoms. The largest absolute Gasteiger partial charge is 0.492 e. The fraction of sp³-hybridized carbons (Fsp3) is 0.400. The third kappa shape index (κ3) is 6.75. The molecule has 0 amide bonds. The summed E-state index contributed by atoms with van der Waals surface area (Å²) in [5.74, 6) is 0.870. The second kappa shape index (κ2) is 13.0. The van der Waals surface area contributed by atoms with Crippen LogP contribution in [0.1, 0.15) is 16.0 Å². The van der Waals surface area contributed by atoms with Crippen LogP contribution in [-0.2, 0) is 25.7 Å². The Balaban J connectivity index is 0.00000353. The molecule has 2 aliphatic heterocycles. The molecule has 4 heterocycles. The van der Waals surface area contributed by atoms with Crippen LogP contribution in [0.25, 0.3) is 10.2 Å². The number of hydrogen-bond donors (Lipinski definition) is 0. The smallest absolute Gasteiger partial charge is 0.416 e. The molecule has 12 heteroatoms. The maximum absolute atomic E-state index is 13.5. The third-order valence-corrected chi connectivity index (χ3v) is 9.02. The summed E-state index contributed by atoms with van der Waals surface area (Å²) in [5.41, 5.74) is 1.11. The zero-order chi connectivity index (χ0) is 28.4. The average Bonchev–Trinajstić information content (AvgIpc) is 3.36. The molecule has 6 rings (SSSR count). The van der Waals surface area contributed by atoms with Crippen LogP contribution < -0.4 is 15.2 Å². The minimum absolute atomic E-state index is 0. The van der Waals surface area contributed by atoms with Crippen molar-refractivity contribution in [3.05, 3.63) is 87.3 Å². The average molecular weight is 620 g/mol. The van der Waals surface area contributed by atoms with Crippen molar-refractivity contribution in [2.45, 2.75) is 25.7 Å². The van der Waals surface area contributed by atoms with Gasteiger partial charge in [0.15, 0.2) is 0 Å². The number of ether oxygens (including phenoxy) is 1. The first-order valence-electron chi connectivity index (χ1n) is 13.9. The topological polar surface area (TPSA) is 53.8 Å². The van der Waals surface area contributed by atoms with Crippen molar-refractivity contribution in [3.8, 4) is 5.75 Å². The Hall–Kier alpha value is -3.12. The Morgan fingerprint density at radius 3 is 2.45 bits per heavy atom. The Morgan fingerprint density at radius 2 is 1.69 bits per heavy atom. The van der Waals surface area contributed by atoms with E-state index in [2.05, 4.69) is 14.8 Å². The second-order valence-corrected chi connectivity index (χ2v) is 11.6. The van der Waals surface area contributed by atoms with Gasteiger partial charge in [-0.15, -0.1) is 23.7 Å². The maximum Gasteiger partial charge on any atom is 0.416 e. The Bertz CT molecular complexity index is 1550. The van der Waals surface area contributed by atoms with E-state index in [9.17, 15) is 18.0 Å².